The number of rotatable bonds is 5. The molecule has 0 saturated heterocycles. The fourth-order valence-electron chi connectivity index (χ4n) is 0.756. The van der Waals surface area contributed by atoms with Crippen LogP contribution in [0.4, 0.5) is 0 Å². The van der Waals surface area contributed by atoms with Gasteiger partial charge in [-0.1, -0.05) is 6.92 Å². The first-order valence-corrected chi connectivity index (χ1v) is 5.59. The number of hydrogen-bond donors (Lipinski definition) is 0. The van der Waals surface area contributed by atoms with E-state index in [4.69, 9.17) is 4.74 Å². The molecule has 0 fully saturated rings. The second-order valence-corrected chi connectivity index (χ2v) is 4.40. The topological polar surface area (TPSA) is 12.5 Å². The molecule has 1 atom stereocenters. The molecule has 1 unspecified atom stereocenters. The largest absolute Gasteiger partial charge is 0.369 e. The summed E-state index contributed by atoms with van der Waals surface area (Å²) in [5.41, 5.74) is 0. The van der Waals surface area contributed by atoms with E-state index in [0.717, 1.165) is 19.6 Å². The van der Waals surface area contributed by atoms with Crippen molar-refractivity contribution in [3.63, 3.8) is 0 Å². The van der Waals surface area contributed by atoms with Crippen molar-refractivity contribution in [1.82, 2.24) is 4.90 Å². The number of ether oxygens (including phenoxy) is 1. The van der Waals surface area contributed by atoms with Gasteiger partial charge in [-0.25, -0.2) is 4.90 Å². The molecule has 0 aliphatic carbocycles. The summed E-state index contributed by atoms with van der Waals surface area (Å²) in [7, 11) is 1.66. The minimum atomic E-state index is -0.0613. The first-order chi connectivity index (χ1) is 4.70. The van der Waals surface area contributed by atoms with Crippen LogP contribution >= 0.6 is 7.55 Å². The molecule has 0 heterocycles. The Labute approximate surface area is 64.6 Å². The molecular weight excluding hydrogens is 145 g/mol. The molecule has 0 aliphatic rings. The molecule has 0 aromatic heterocycles. The second-order valence-electron chi connectivity index (χ2n) is 2.40. The Hall–Kier alpha value is 0.0900. The van der Waals surface area contributed by atoms with Crippen LogP contribution in [0, 0.1) is 0 Å². The highest BCUT2D eigenvalue weighted by Gasteiger charge is 2.05. The third-order valence-corrected chi connectivity index (χ3v) is 2.08. The van der Waals surface area contributed by atoms with Crippen molar-refractivity contribution < 1.29 is 4.74 Å². The summed E-state index contributed by atoms with van der Waals surface area (Å²) < 4.78 is 5.00. The van der Waals surface area contributed by atoms with E-state index in [-0.39, 0.29) is 7.55 Å². The molecule has 0 aromatic rings. The molecule has 0 radical (unpaired) electrons. The van der Waals surface area contributed by atoms with E-state index in [1.54, 1.807) is 7.11 Å². The van der Waals surface area contributed by atoms with Crippen molar-refractivity contribution in [3.8, 4) is 0 Å². The maximum atomic E-state index is 5.00. The normalized spacial score (nSPS) is 12.2. The molecule has 3 heteroatoms. The molecule has 0 spiro atoms. The average molecular weight is 162 g/mol. The Bertz CT molecular complexity index is 106. The zero-order valence-electron chi connectivity index (χ0n) is 7.13. The van der Waals surface area contributed by atoms with E-state index in [2.05, 4.69) is 24.8 Å². The standard InChI is InChI=1S/C7H17NOP/c1-5-8(6-9-2)7-10(3)4/h3,5-7H2,1-2,4H3/q+1. The van der Waals surface area contributed by atoms with E-state index in [1.165, 1.54) is 0 Å². The van der Waals surface area contributed by atoms with Crippen LogP contribution in [0.2, 0.25) is 0 Å². The van der Waals surface area contributed by atoms with Crippen LogP contribution in [0.15, 0.2) is 0 Å². The number of hydrogen-bond acceptors (Lipinski definition) is 2. The van der Waals surface area contributed by atoms with Gasteiger partial charge in [-0.15, -0.1) is 0 Å². The SMILES string of the molecule is C=[P+](C)CN(CC)COC. The maximum absolute atomic E-state index is 5.00. The van der Waals surface area contributed by atoms with Crippen LogP contribution in [0.25, 0.3) is 0 Å². The molecule has 0 amide bonds. The van der Waals surface area contributed by atoms with Crippen LogP contribution < -0.4 is 0 Å². The predicted molar refractivity (Wildman–Crippen MR) is 49.1 cm³/mol. The van der Waals surface area contributed by atoms with Crippen LogP contribution in [0.1, 0.15) is 6.92 Å². The highest BCUT2D eigenvalue weighted by Crippen LogP contribution is 2.13. The molecule has 10 heavy (non-hydrogen) atoms. The molecule has 2 nitrogen and oxygen atoms in total. The van der Waals surface area contributed by atoms with Gasteiger partial charge >= 0.3 is 0 Å². The zero-order chi connectivity index (χ0) is 7.98. The van der Waals surface area contributed by atoms with E-state index < -0.39 is 0 Å². The van der Waals surface area contributed by atoms with Crippen molar-refractivity contribution in [3.05, 3.63) is 0 Å². The van der Waals surface area contributed by atoms with Crippen LogP contribution in [0.3, 0.4) is 0 Å². The lowest BCUT2D eigenvalue weighted by Crippen LogP contribution is -2.24. The third kappa shape index (κ3) is 4.92. The number of nitrogens with zero attached hydrogens (tertiary/aromatic N) is 1. The van der Waals surface area contributed by atoms with Gasteiger partial charge in [-0.05, 0) is 0 Å². The lowest BCUT2D eigenvalue weighted by Gasteiger charge is -2.13. The molecule has 0 saturated carbocycles. The number of methoxy groups -OCH3 is 1. The Balaban J connectivity index is 3.49. The molecule has 60 valence electrons. The summed E-state index contributed by atoms with van der Waals surface area (Å²) >= 11 is 0. The summed E-state index contributed by atoms with van der Waals surface area (Å²) in [6.45, 7) is 6.10. The fourth-order valence-corrected chi connectivity index (χ4v) is 1.72. The molecule has 0 aliphatic heterocycles. The van der Waals surface area contributed by atoms with E-state index in [0.29, 0.717) is 0 Å². The van der Waals surface area contributed by atoms with Crippen molar-refractivity contribution in [2.45, 2.75) is 6.92 Å². The smallest absolute Gasteiger partial charge is 0.160 e. The quantitative estimate of drug-likeness (QED) is 0.447. The summed E-state index contributed by atoms with van der Waals surface area (Å²) in [5.74, 6) is 0. The Morgan fingerprint density at radius 3 is 2.50 bits per heavy atom. The molecule has 0 aromatic carbocycles. The highest BCUT2D eigenvalue weighted by molar-refractivity contribution is 7.54. The Kier molecular flexibility index (Phi) is 5.90. The Morgan fingerprint density at radius 1 is 1.60 bits per heavy atom. The van der Waals surface area contributed by atoms with Gasteiger partial charge in [0.2, 0.25) is 0 Å². The third-order valence-electron chi connectivity index (χ3n) is 1.20. The zero-order valence-corrected chi connectivity index (χ0v) is 8.03. The highest BCUT2D eigenvalue weighted by atomic mass is 31.1. The van der Waals surface area contributed by atoms with Crippen molar-refractivity contribution >= 4 is 13.8 Å². The van der Waals surface area contributed by atoms with E-state index in [1.807, 2.05) is 0 Å². The van der Waals surface area contributed by atoms with Gasteiger partial charge in [-0.2, -0.15) is 0 Å². The maximum Gasteiger partial charge on any atom is 0.160 e. The minimum absolute atomic E-state index is 0.0613. The van der Waals surface area contributed by atoms with Gasteiger partial charge in [0.15, 0.2) is 6.29 Å². The summed E-state index contributed by atoms with van der Waals surface area (Å²) in [4.78, 5) is 2.25. The fraction of sp³-hybridized carbons (Fsp3) is 0.857. The van der Waals surface area contributed by atoms with Gasteiger partial charge in [0, 0.05) is 13.7 Å². The summed E-state index contributed by atoms with van der Waals surface area (Å²) in [6.07, 6.45) is 5.06. The summed E-state index contributed by atoms with van der Waals surface area (Å²) in [5, 5.41) is 0. The van der Waals surface area contributed by atoms with Gasteiger partial charge in [0.05, 0.1) is 20.5 Å². The van der Waals surface area contributed by atoms with Gasteiger partial charge < -0.3 is 4.74 Å². The summed E-state index contributed by atoms with van der Waals surface area (Å²) in [6, 6.07) is 0. The molecule has 0 bridgehead atoms. The average Bonchev–Trinajstić information content (AvgIpc) is 1.86. The van der Waals surface area contributed by atoms with Gasteiger partial charge in [0.25, 0.3) is 0 Å². The van der Waals surface area contributed by atoms with Crippen molar-refractivity contribution in [2.24, 2.45) is 0 Å². The van der Waals surface area contributed by atoms with Gasteiger partial charge in [0.1, 0.15) is 6.73 Å². The first-order valence-electron chi connectivity index (χ1n) is 3.43. The van der Waals surface area contributed by atoms with Crippen LogP contribution in [-0.2, 0) is 4.74 Å². The van der Waals surface area contributed by atoms with E-state index >= 15 is 0 Å². The second kappa shape index (κ2) is 5.84. The molecule has 0 N–H and O–H groups in total. The van der Waals surface area contributed by atoms with Crippen LogP contribution in [-0.4, -0.2) is 44.5 Å². The monoisotopic (exact) mass is 162 g/mol. The lowest BCUT2D eigenvalue weighted by atomic mass is 10.7. The predicted octanol–water partition coefficient (Wildman–Crippen LogP) is 1.41. The molecular formula is C7H17NOP+. The Morgan fingerprint density at radius 2 is 2.20 bits per heavy atom. The molecule has 0 rings (SSSR count). The van der Waals surface area contributed by atoms with Gasteiger partial charge in [-0.3, -0.25) is 0 Å². The lowest BCUT2D eigenvalue weighted by molar-refractivity contribution is 0.0807. The first kappa shape index (κ1) is 10.1. The van der Waals surface area contributed by atoms with Crippen LogP contribution in [0.5, 0.6) is 0 Å². The van der Waals surface area contributed by atoms with Crippen molar-refractivity contribution in [1.29, 1.82) is 0 Å². The van der Waals surface area contributed by atoms with Crippen molar-refractivity contribution in [2.75, 3.05) is 33.3 Å². The minimum Gasteiger partial charge on any atom is -0.369 e. The van der Waals surface area contributed by atoms with E-state index in [9.17, 15) is 0 Å².